The second kappa shape index (κ2) is 8.44. The SMILES string of the molecule is CCCCOC(=O)[C@@H](C)n1cnc2sc(C(=O)OC(C)C)c(C)c2c1=O. The van der Waals surface area contributed by atoms with Crippen molar-refractivity contribution in [2.45, 2.75) is 59.6 Å². The van der Waals surface area contributed by atoms with Crippen LogP contribution >= 0.6 is 11.3 Å². The number of fused-ring (bicyclic) bond motifs is 1. The third-order valence-corrected chi connectivity index (χ3v) is 5.08. The molecule has 0 aliphatic heterocycles. The van der Waals surface area contributed by atoms with Gasteiger partial charge in [-0.15, -0.1) is 11.3 Å². The maximum absolute atomic E-state index is 12.9. The quantitative estimate of drug-likeness (QED) is 0.541. The van der Waals surface area contributed by atoms with Gasteiger partial charge in [-0.1, -0.05) is 13.3 Å². The van der Waals surface area contributed by atoms with E-state index >= 15 is 0 Å². The van der Waals surface area contributed by atoms with Crippen LogP contribution < -0.4 is 5.56 Å². The lowest BCUT2D eigenvalue weighted by molar-refractivity contribution is -0.147. The average Bonchev–Trinajstić information content (AvgIpc) is 2.92. The summed E-state index contributed by atoms with van der Waals surface area (Å²) in [7, 11) is 0. The van der Waals surface area contributed by atoms with Crippen LogP contribution in [0.3, 0.4) is 0 Å². The molecule has 2 aromatic rings. The summed E-state index contributed by atoms with van der Waals surface area (Å²) in [4.78, 5) is 42.3. The fourth-order valence-electron chi connectivity index (χ4n) is 2.43. The number of nitrogens with zero attached hydrogens (tertiary/aromatic N) is 2. The Morgan fingerprint density at radius 2 is 2.00 bits per heavy atom. The zero-order chi connectivity index (χ0) is 19.4. The zero-order valence-corrected chi connectivity index (χ0v) is 16.5. The first-order chi connectivity index (χ1) is 12.3. The maximum Gasteiger partial charge on any atom is 0.348 e. The molecule has 2 aromatic heterocycles. The lowest BCUT2D eigenvalue weighted by atomic mass is 10.2. The normalized spacial score (nSPS) is 12.4. The number of aryl methyl sites for hydroxylation is 1. The fraction of sp³-hybridized carbons (Fsp3) is 0.556. The molecule has 0 fully saturated rings. The molecule has 0 radical (unpaired) electrons. The van der Waals surface area contributed by atoms with E-state index in [0.717, 1.165) is 24.2 Å². The first-order valence-corrected chi connectivity index (χ1v) is 9.47. The Labute approximate surface area is 155 Å². The molecule has 0 aliphatic carbocycles. The van der Waals surface area contributed by atoms with Crippen LogP contribution in [0.25, 0.3) is 10.2 Å². The van der Waals surface area contributed by atoms with Gasteiger partial charge in [-0.2, -0.15) is 0 Å². The summed E-state index contributed by atoms with van der Waals surface area (Å²) in [5.41, 5.74) is 0.154. The van der Waals surface area contributed by atoms with Crippen LogP contribution in [0.2, 0.25) is 0 Å². The molecule has 0 aromatic carbocycles. The van der Waals surface area contributed by atoms with Crippen LogP contribution in [0, 0.1) is 6.92 Å². The van der Waals surface area contributed by atoms with Crippen molar-refractivity contribution in [3.63, 3.8) is 0 Å². The molecule has 0 saturated heterocycles. The molecule has 0 unspecified atom stereocenters. The first kappa shape index (κ1) is 20.1. The minimum absolute atomic E-state index is 0.255. The van der Waals surface area contributed by atoms with Crippen molar-refractivity contribution in [3.05, 3.63) is 27.1 Å². The fourth-order valence-corrected chi connectivity index (χ4v) is 3.45. The monoisotopic (exact) mass is 380 g/mol. The third-order valence-electron chi connectivity index (χ3n) is 3.90. The van der Waals surface area contributed by atoms with E-state index in [-0.39, 0.29) is 11.7 Å². The molecule has 2 rings (SSSR count). The van der Waals surface area contributed by atoms with Gasteiger partial charge in [0.1, 0.15) is 15.7 Å². The van der Waals surface area contributed by atoms with Crippen molar-refractivity contribution in [1.29, 1.82) is 0 Å². The van der Waals surface area contributed by atoms with Gasteiger partial charge in [0.05, 0.1) is 24.4 Å². The Balaban J connectivity index is 2.38. The molecule has 0 bridgehead atoms. The van der Waals surface area contributed by atoms with Crippen LogP contribution in [0.1, 0.15) is 61.8 Å². The molecule has 0 saturated carbocycles. The van der Waals surface area contributed by atoms with Crippen LogP contribution in [0.5, 0.6) is 0 Å². The summed E-state index contributed by atoms with van der Waals surface area (Å²) in [5, 5.41) is 0.335. The van der Waals surface area contributed by atoms with Crippen molar-refractivity contribution in [3.8, 4) is 0 Å². The molecule has 2 heterocycles. The topological polar surface area (TPSA) is 87.5 Å². The van der Waals surface area contributed by atoms with Crippen LogP contribution in [0.15, 0.2) is 11.1 Å². The summed E-state index contributed by atoms with van der Waals surface area (Å²) < 4.78 is 11.6. The Morgan fingerprint density at radius 3 is 2.62 bits per heavy atom. The minimum atomic E-state index is -0.790. The number of aromatic nitrogens is 2. The number of hydrogen-bond acceptors (Lipinski definition) is 7. The summed E-state index contributed by atoms with van der Waals surface area (Å²) in [6.45, 7) is 9.13. The molecule has 0 amide bonds. The largest absolute Gasteiger partial charge is 0.464 e. The molecule has 26 heavy (non-hydrogen) atoms. The van der Waals surface area contributed by atoms with Gasteiger partial charge in [0.15, 0.2) is 0 Å². The number of ether oxygens (including phenoxy) is 2. The van der Waals surface area contributed by atoms with E-state index in [1.807, 2.05) is 6.92 Å². The molecule has 0 N–H and O–H groups in total. The van der Waals surface area contributed by atoms with Crippen LogP contribution in [-0.4, -0.2) is 34.2 Å². The van der Waals surface area contributed by atoms with Gasteiger partial charge in [0.25, 0.3) is 5.56 Å². The van der Waals surface area contributed by atoms with Gasteiger partial charge >= 0.3 is 11.9 Å². The average molecular weight is 380 g/mol. The minimum Gasteiger partial charge on any atom is -0.464 e. The highest BCUT2D eigenvalue weighted by Gasteiger charge is 2.24. The highest BCUT2D eigenvalue weighted by Crippen LogP contribution is 2.28. The lowest BCUT2D eigenvalue weighted by Gasteiger charge is -2.14. The molecule has 142 valence electrons. The number of carbonyl (C=O) groups is 2. The summed E-state index contributed by atoms with van der Waals surface area (Å²) in [6.07, 6.45) is 2.76. The van der Waals surface area contributed by atoms with E-state index in [2.05, 4.69) is 4.98 Å². The molecule has 8 heteroatoms. The van der Waals surface area contributed by atoms with Crippen LogP contribution in [0.4, 0.5) is 0 Å². The standard InChI is InChI=1S/C18H24N2O5S/c1-6-7-8-24-17(22)12(5)20-9-19-15-13(16(20)21)11(4)14(26-15)18(23)25-10(2)3/h9-10,12H,6-8H2,1-5H3/t12-/m1/s1. The zero-order valence-electron chi connectivity index (χ0n) is 15.7. The molecule has 7 nitrogen and oxygen atoms in total. The van der Waals surface area contributed by atoms with E-state index in [1.54, 1.807) is 27.7 Å². The van der Waals surface area contributed by atoms with Crippen LogP contribution in [-0.2, 0) is 14.3 Å². The third kappa shape index (κ3) is 4.12. The second-order valence-corrected chi connectivity index (χ2v) is 7.34. The Bertz CT molecular complexity index is 868. The van der Waals surface area contributed by atoms with E-state index in [1.165, 1.54) is 10.9 Å². The molecular weight excluding hydrogens is 356 g/mol. The number of hydrogen-bond donors (Lipinski definition) is 0. The van der Waals surface area contributed by atoms with Crippen molar-refractivity contribution in [1.82, 2.24) is 9.55 Å². The summed E-state index contributed by atoms with van der Waals surface area (Å²) in [5.74, 6) is -0.951. The highest BCUT2D eigenvalue weighted by molar-refractivity contribution is 7.20. The van der Waals surface area contributed by atoms with E-state index in [4.69, 9.17) is 9.47 Å². The lowest BCUT2D eigenvalue weighted by Crippen LogP contribution is -2.29. The Kier molecular flexibility index (Phi) is 6.52. The summed E-state index contributed by atoms with van der Waals surface area (Å²) >= 11 is 1.12. The second-order valence-electron chi connectivity index (χ2n) is 6.34. The van der Waals surface area contributed by atoms with Crippen molar-refractivity contribution in [2.24, 2.45) is 0 Å². The number of carbonyl (C=O) groups excluding carboxylic acids is 2. The van der Waals surface area contributed by atoms with E-state index in [0.29, 0.717) is 27.3 Å². The molecule has 1 atom stereocenters. The maximum atomic E-state index is 12.9. The number of unbranched alkanes of at least 4 members (excludes halogenated alkanes) is 1. The first-order valence-electron chi connectivity index (χ1n) is 8.65. The number of esters is 2. The smallest absolute Gasteiger partial charge is 0.348 e. The predicted octanol–water partition coefficient (Wildman–Crippen LogP) is 3.24. The van der Waals surface area contributed by atoms with Crippen molar-refractivity contribution in [2.75, 3.05) is 6.61 Å². The van der Waals surface area contributed by atoms with Crippen molar-refractivity contribution < 1.29 is 19.1 Å². The van der Waals surface area contributed by atoms with Gasteiger partial charge < -0.3 is 9.47 Å². The predicted molar refractivity (Wildman–Crippen MR) is 99.7 cm³/mol. The molecular formula is C18H24N2O5S. The molecule has 0 spiro atoms. The van der Waals surface area contributed by atoms with Gasteiger partial charge in [0.2, 0.25) is 0 Å². The van der Waals surface area contributed by atoms with Gasteiger partial charge in [0, 0.05) is 0 Å². The van der Waals surface area contributed by atoms with E-state index in [9.17, 15) is 14.4 Å². The molecule has 0 aliphatic rings. The number of thiophene rings is 1. The highest BCUT2D eigenvalue weighted by atomic mass is 32.1. The number of rotatable bonds is 7. The van der Waals surface area contributed by atoms with E-state index < -0.39 is 18.0 Å². The van der Waals surface area contributed by atoms with Gasteiger partial charge in [-0.3, -0.25) is 9.36 Å². The van der Waals surface area contributed by atoms with Gasteiger partial charge in [-0.25, -0.2) is 14.6 Å². The Morgan fingerprint density at radius 1 is 1.31 bits per heavy atom. The van der Waals surface area contributed by atoms with Gasteiger partial charge in [-0.05, 0) is 39.7 Å². The Hall–Kier alpha value is -2.22. The summed E-state index contributed by atoms with van der Waals surface area (Å²) in [6, 6.07) is -0.790. The van der Waals surface area contributed by atoms with Crippen molar-refractivity contribution >= 4 is 33.5 Å².